The summed E-state index contributed by atoms with van der Waals surface area (Å²) in [6.45, 7) is 5.43. The fourth-order valence-corrected chi connectivity index (χ4v) is 7.85. The highest BCUT2D eigenvalue weighted by atomic mass is 16.7. The van der Waals surface area contributed by atoms with Crippen molar-refractivity contribution in [3.8, 4) is 0 Å². The Bertz CT molecular complexity index is 661. The van der Waals surface area contributed by atoms with Gasteiger partial charge in [0.2, 0.25) is 0 Å². The lowest BCUT2D eigenvalue weighted by Crippen LogP contribution is -2.64. The Hall–Kier alpha value is -0.940. The number of Topliss-reactive ketones (excluding diaryl/α,β-unsaturated/α-hetero) is 1. The van der Waals surface area contributed by atoms with Crippen LogP contribution in [0.25, 0.3) is 0 Å². The number of esters is 1. The largest absolute Gasteiger partial charge is 0.464 e. The first kappa shape index (κ1) is 17.2. The van der Waals surface area contributed by atoms with Gasteiger partial charge in [-0.05, 0) is 49.4 Å². The van der Waals surface area contributed by atoms with Gasteiger partial charge in [0, 0.05) is 24.4 Å². The van der Waals surface area contributed by atoms with Crippen LogP contribution in [0, 0.1) is 39.9 Å². The Balaban J connectivity index is 1.65. The zero-order valence-corrected chi connectivity index (χ0v) is 16.1. The van der Waals surface area contributed by atoms with Crippen molar-refractivity contribution >= 4 is 11.8 Å². The average Bonchev–Trinajstić information content (AvgIpc) is 3.08. The van der Waals surface area contributed by atoms with E-state index in [9.17, 15) is 9.59 Å². The summed E-state index contributed by atoms with van der Waals surface area (Å²) in [5.74, 6) is 0.490. The standard InChI is InChI=1S/C21H30O5/c1-12-13-5-6-14-20(11-26-18(23)21(14,9-13)16(12)22)8-4-7-19(2)10-25-17(24-3)15(19)20/h12-15,17H,4-11H2,1-3H3/t12-,13-,14+,15-,17+,19+,20-,21+/m1/s1. The first-order chi connectivity index (χ1) is 12.4. The maximum Gasteiger partial charge on any atom is 0.319 e. The van der Waals surface area contributed by atoms with Gasteiger partial charge in [-0.1, -0.05) is 20.3 Å². The second-order valence-electron chi connectivity index (χ2n) is 9.93. The van der Waals surface area contributed by atoms with Gasteiger partial charge >= 0.3 is 5.97 Å². The third kappa shape index (κ3) is 1.80. The molecule has 5 heteroatoms. The van der Waals surface area contributed by atoms with Crippen LogP contribution in [0.3, 0.4) is 0 Å². The van der Waals surface area contributed by atoms with Crippen LogP contribution in [0.1, 0.15) is 52.4 Å². The Morgan fingerprint density at radius 2 is 1.96 bits per heavy atom. The maximum absolute atomic E-state index is 13.3. The number of methoxy groups -OCH3 is 1. The number of carbonyl (C=O) groups excluding carboxylic acids is 2. The van der Waals surface area contributed by atoms with E-state index >= 15 is 0 Å². The molecule has 8 atom stereocenters. The minimum Gasteiger partial charge on any atom is -0.464 e. The lowest BCUT2D eigenvalue weighted by atomic mass is 9.45. The second-order valence-corrected chi connectivity index (χ2v) is 9.93. The Morgan fingerprint density at radius 3 is 2.73 bits per heavy atom. The molecule has 3 saturated carbocycles. The monoisotopic (exact) mass is 362 g/mol. The predicted molar refractivity (Wildman–Crippen MR) is 93.0 cm³/mol. The number of ether oxygens (including phenoxy) is 3. The Kier molecular flexibility index (Phi) is 3.51. The van der Waals surface area contributed by atoms with E-state index in [1.54, 1.807) is 7.11 Å². The van der Waals surface area contributed by atoms with Crippen LogP contribution < -0.4 is 0 Å². The number of hydrogen-bond donors (Lipinski definition) is 0. The molecule has 26 heavy (non-hydrogen) atoms. The lowest BCUT2D eigenvalue weighted by molar-refractivity contribution is -0.228. The van der Waals surface area contributed by atoms with E-state index in [0.29, 0.717) is 25.6 Å². The van der Waals surface area contributed by atoms with Crippen molar-refractivity contribution in [2.75, 3.05) is 20.3 Å². The van der Waals surface area contributed by atoms with Gasteiger partial charge < -0.3 is 14.2 Å². The third-order valence-corrected chi connectivity index (χ3v) is 8.94. The molecule has 5 nitrogen and oxygen atoms in total. The number of hydrogen-bond acceptors (Lipinski definition) is 5. The average molecular weight is 362 g/mol. The highest BCUT2D eigenvalue weighted by molar-refractivity contribution is 6.07. The van der Waals surface area contributed by atoms with Crippen LogP contribution >= 0.6 is 0 Å². The van der Waals surface area contributed by atoms with Crippen molar-refractivity contribution < 1.29 is 23.8 Å². The summed E-state index contributed by atoms with van der Waals surface area (Å²) < 4.78 is 17.7. The molecule has 0 aromatic rings. The van der Waals surface area contributed by atoms with E-state index < -0.39 is 5.41 Å². The molecule has 0 unspecified atom stereocenters. The number of cyclic esters (lactones) is 1. The van der Waals surface area contributed by atoms with Crippen LogP contribution in [0.2, 0.25) is 0 Å². The van der Waals surface area contributed by atoms with Gasteiger partial charge in [0.25, 0.3) is 0 Å². The summed E-state index contributed by atoms with van der Waals surface area (Å²) in [5.41, 5.74) is -1.06. The Morgan fingerprint density at radius 1 is 1.15 bits per heavy atom. The fourth-order valence-electron chi connectivity index (χ4n) is 7.85. The van der Waals surface area contributed by atoms with Gasteiger partial charge in [-0.15, -0.1) is 0 Å². The SMILES string of the molecule is CO[C@H]1OC[C@]2(C)CCC[C@]3(COC(=O)[C@@]45C[C@@H](CC[C@H]43)[C@@H](C)C5=O)[C@H]12. The number of rotatable bonds is 1. The lowest BCUT2D eigenvalue weighted by Gasteiger charge is -2.60. The zero-order valence-electron chi connectivity index (χ0n) is 16.1. The molecule has 2 heterocycles. The maximum atomic E-state index is 13.3. The number of fused-ring (bicyclic) bond motifs is 4. The summed E-state index contributed by atoms with van der Waals surface area (Å²) in [4.78, 5) is 26.3. The molecule has 2 bridgehead atoms. The van der Waals surface area contributed by atoms with E-state index in [2.05, 4.69) is 6.92 Å². The quantitative estimate of drug-likeness (QED) is 0.530. The van der Waals surface area contributed by atoms with Crippen molar-refractivity contribution in [1.82, 2.24) is 0 Å². The van der Waals surface area contributed by atoms with Gasteiger partial charge in [-0.3, -0.25) is 9.59 Å². The molecule has 0 aromatic carbocycles. The summed E-state index contributed by atoms with van der Waals surface area (Å²) in [6.07, 6.45) is 5.66. The van der Waals surface area contributed by atoms with Gasteiger partial charge in [0.1, 0.15) is 5.41 Å². The van der Waals surface area contributed by atoms with E-state index in [0.717, 1.165) is 32.1 Å². The fraction of sp³-hybridized carbons (Fsp3) is 0.905. The predicted octanol–water partition coefficient (Wildman–Crippen LogP) is 2.96. The molecule has 2 aliphatic heterocycles. The molecule has 2 saturated heterocycles. The molecular weight excluding hydrogens is 332 g/mol. The number of ketones is 1. The highest BCUT2D eigenvalue weighted by Gasteiger charge is 2.74. The van der Waals surface area contributed by atoms with Crippen LogP contribution in [0.5, 0.6) is 0 Å². The van der Waals surface area contributed by atoms with Gasteiger partial charge in [0.15, 0.2) is 12.1 Å². The molecule has 0 radical (unpaired) electrons. The van der Waals surface area contributed by atoms with Gasteiger partial charge in [-0.25, -0.2) is 0 Å². The summed E-state index contributed by atoms with van der Waals surface area (Å²) in [6, 6.07) is 0. The highest BCUT2D eigenvalue weighted by Crippen LogP contribution is 2.69. The first-order valence-corrected chi connectivity index (χ1v) is 10.2. The molecule has 2 spiro atoms. The molecule has 5 aliphatic rings. The first-order valence-electron chi connectivity index (χ1n) is 10.2. The molecule has 5 rings (SSSR count). The van der Waals surface area contributed by atoms with Crippen LogP contribution in [-0.4, -0.2) is 38.4 Å². The number of carbonyl (C=O) groups is 2. The van der Waals surface area contributed by atoms with E-state index in [4.69, 9.17) is 14.2 Å². The second kappa shape index (κ2) is 5.32. The van der Waals surface area contributed by atoms with Crippen LogP contribution in [-0.2, 0) is 23.8 Å². The van der Waals surface area contributed by atoms with Crippen molar-refractivity contribution in [3.05, 3.63) is 0 Å². The Labute approximate surface area is 155 Å². The molecule has 0 N–H and O–H groups in total. The minimum absolute atomic E-state index is 0.0178. The molecule has 3 aliphatic carbocycles. The summed E-state index contributed by atoms with van der Waals surface area (Å²) in [7, 11) is 1.71. The molecule has 144 valence electrons. The van der Waals surface area contributed by atoms with Crippen LogP contribution in [0.4, 0.5) is 0 Å². The molecular formula is C21H30O5. The van der Waals surface area contributed by atoms with Crippen molar-refractivity contribution in [2.45, 2.75) is 58.7 Å². The molecule has 0 amide bonds. The van der Waals surface area contributed by atoms with Crippen molar-refractivity contribution in [2.24, 2.45) is 39.9 Å². The zero-order chi connectivity index (χ0) is 18.3. The topological polar surface area (TPSA) is 61.8 Å². The van der Waals surface area contributed by atoms with Crippen LogP contribution in [0.15, 0.2) is 0 Å². The molecule has 5 fully saturated rings. The van der Waals surface area contributed by atoms with Crippen molar-refractivity contribution in [1.29, 1.82) is 0 Å². The van der Waals surface area contributed by atoms with E-state index in [1.807, 2.05) is 6.92 Å². The van der Waals surface area contributed by atoms with Gasteiger partial charge in [-0.2, -0.15) is 0 Å². The van der Waals surface area contributed by atoms with E-state index in [1.165, 1.54) is 0 Å². The van der Waals surface area contributed by atoms with Gasteiger partial charge in [0.05, 0.1) is 13.2 Å². The van der Waals surface area contributed by atoms with E-state index in [-0.39, 0.29) is 46.6 Å². The molecule has 0 aromatic heterocycles. The minimum atomic E-state index is -0.903. The summed E-state index contributed by atoms with van der Waals surface area (Å²) >= 11 is 0. The smallest absolute Gasteiger partial charge is 0.319 e. The summed E-state index contributed by atoms with van der Waals surface area (Å²) in [5, 5.41) is 0. The van der Waals surface area contributed by atoms with Crippen molar-refractivity contribution in [3.63, 3.8) is 0 Å². The normalized spacial score (nSPS) is 55.6. The third-order valence-electron chi connectivity index (χ3n) is 8.94.